The zero-order valence-electron chi connectivity index (χ0n) is 13.8. The van der Waals surface area contributed by atoms with Gasteiger partial charge in [0.1, 0.15) is 0 Å². The average molecular weight is 306 g/mol. The van der Waals surface area contributed by atoms with Gasteiger partial charge in [-0.05, 0) is 47.1 Å². The van der Waals surface area contributed by atoms with Crippen LogP contribution in [-0.2, 0) is 24.7 Å². The monoisotopic (exact) mass is 306 g/mol. The highest BCUT2D eigenvalue weighted by Crippen LogP contribution is 2.17. The molecule has 0 aliphatic rings. The Balaban J connectivity index is 4.56. The van der Waals surface area contributed by atoms with E-state index >= 15 is 0 Å². The fourth-order valence-corrected chi connectivity index (χ4v) is 2.15. The van der Waals surface area contributed by atoms with Crippen molar-refractivity contribution in [2.75, 3.05) is 12.9 Å². The summed E-state index contributed by atoms with van der Waals surface area (Å²) in [5, 5.41) is 0. The van der Waals surface area contributed by atoms with Crippen LogP contribution in [0, 0.1) is 0 Å². The Bertz CT molecular complexity index is 313. The van der Waals surface area contributed by atoms with Crippen molar-refractivity contribution in [3.63, 3.8) is 0 Å². The molecule has 0 saturated heterocycles. The molecule has 0 rings (SSSR count). The predicted octanol–water partition coefficient (Wildman–Crippen LogP) is 3.24. The predicted molar refractivity (Wildman–Crippen MR) is 84.1 cm³/mol. The van der Waals surface area contributed by atoms with Gasteiger partial charge in [0.25, 0.3) is 0 Å². The van der Waals surface area contributed by atoms with E-state index < -0.39 is 11.1 Å². The number of ether oxygens (including phenoxy) is 2. The summed E-state index contributed by atoms with van der Waals surface area (Å²) in [5.74, 6) is 0. The van der Waals surface area contributed by atoms with E-state index in [0.717, 1.165) is 12.0 Å². The van der Waals surface area contributed by atoms with Crippen molar-refractivity contribution in [2.24, 2.45) is 0 Å². The van der Waals surface area contributed by atoms with Crippen molar-refractivity contribution in [3.8, 4) is 0 Å². The topological polar surface area (TPSA) is 44.8 Å². The van der Waals surface area contributed by atoms with Crippen LogP contribution in [0.5, 0.6) is 0 Å². The first-order valence-electron chi connectivity index (χ1n) is 7.16. The Labute approximate surface area is 126 Å². The van der Waals surface area contributed by atoms with Gasteiger partial charge < -0.3 is 9.47 Å². The van der Waals surface area contributed by atoms with E-state index in [9.17, 15) is 4.21 Å². The summed E-state index contributed by atoms with van der Waals surface area (Å²) in [4.78, 5) is 0. The highest BCUT2D eigenvalue weighted by molar-refractivity contribution is 7.79. The Hall–Kier alpha value is -0.230. The van der Waals surface area contributed by atoms with Gasteiger partial charge in [-0.15, -0.1) is 0 Å². The highest BCUT2D eigenvalue weighted by atomic mass is 32.2. The van der Waals surface area contributed by atoms with Gasteiger partial charge in [0.05, 0.1) is 31.0 Å². The maximum Gasteiger partial charge on any atom is 0.152 e. The Morgan fingerprint density at radius 3 is 2.10 bits per heavy atom. The number of hydrogen-bond acceptors (Lipinski definition) is 4. The summed E-state index contributed by atoms with van der Waals surface area (Å²) in [6.07, 6.45) is 4.73. The van der Waals surface area contributed by atoms with Crippen LogP contribution >= 0.6 is 0 Å². The van der Waals surface area contributed by atoms with Gasteiger partial charge >= 0.3 is 0 Å². The molecule has 0 saturated carbocycles. The van der Waals surface area contributed by atoms with Crippen molar-refractivity contribution < 1.29 is 17.9 Å². The zero-order valence-corrected chi connectivity index (χ0v) is 14.7. The van der Waals surface area contributed by atoms with Gasteiger partial charge in [-0.3, -0.25) is 4.18 Å². The summed E-state index contributed by atoms with van der Waals surface area (Å²) in [6.45, 7) is 12.5. The van der Waals surface area contributed by atoms with Crippen molar-refractivity contribution in [1.82, 2.24) is 0 Å². The molecule has 0 aromatic carbocycles. The largest absolute Gasteiger partial charge is 0.376 e. The minimum atomic E-state index is -1.23. The van der Waals surface area contributed by atoms with Crippen molar-refractivity contribution in [2.45, 2.75) is 72.4 Å². The standard InChI is InChI=1S/C15H30O4S/c1-11(2)18-14(6)10-15(19-12(3)4)13(5)8-9-17-20(7)16/h8,11-12,14-15H,9-10H2,1-7H3/b13-8-/t14-,15-,20?/m0/s1. The van der Waals surface area contributed by atoms with Crippen LogP contribution in [0.15, 0.2) is 11.6 Å². The minimum absolute atomic E-state index is 0.00218. The number of hydrogen-bond donors (Lipinski definition) is 0. The first-order valence-corrected chi connectivity index (χ1v) is 8.65. The molecule has 0 amide bonds. The molecule has 1 unspecified atom stereocenters. The summed E-state index contributed by atoms with van der Waals surface area (Å²) >= 11 is -1.23. The van der Waals surface area contributed by atoms with E-state index in [1.165, 1.54) is 6.26 Å². The highest BCUT2D eigenvalue weighted by Gasteiger charge is 2.18. The van der Waals surface area contributed by atoms with E-state index in [2.05, 4.69) is 6.92 Å². The van der Waals surface area contributed by atoms with Crippen LogP contribution in [0.1, 0.15) is 48.0 Å². The molecule has 120 valence electrons. The van der Waals surface area contributed by atoms with Crippen molar-refractivity contribution >= 4 is 11.1 Å². The fraction of sp³-hybridized carbons (Fsp3) is 0.867. The lowest BCUT2D eigenvalue weighted by atomic mass is 10.0. The van der Waals surface area contributed by atoms with E-state index in [1.807, 2.05) is 40.7 Å². The second-order valence-corrected chi connectivity index (χ2v) is 6.58. The molecule has 0 fully saturated rings. The van der Waals surface area contributed by atoms with Gasteiger partial charge in [-0.1, -0.05) is 6.08 Å². The molecule has 0 aromatic heterocycles. The molecule has 0 bridgehead atoms. The normalized spacial score (nSPS) is 17.6. The third-order valence-corrected chi connectivity index (χ3v) is 3.10. The van der Waals surface area contributed by atoms with Crippen LogP contribution < -0.4 is 0 Å². The molecule has 0 heterocycles. The van der Waals surface area contributed by atoms with E-state index in [1.54, 1.807) is 0 Å². The summed E-state index contributed by atoms with van der Waals surface area (Å²) in [6, 6.07) is 0. The molecule has 0 aliphatic heterocycles. The van der Waals surface area contributed by atoms with Gasteiger partial charge in [0.15, 0.2) is 11.1 Å². The summed E-state index contributed by atoms with van der Waals surface area (Å²) in [7, 11) is 0. The Kier molecular flexibility index (Phi) is 10.4. The summed E-state index contributed by atoms with van der Waals surface area (Å²) < 4.78 is 27.6. The lowest BCUT2D eigenvalue weighted by Gasteiger charge is -2.25. The minimum Gasteiger partial charge on any atom is -0.376 e. The van der Waals surface area contributed by atoms with Gasteiger partial charge in [-0.25, -0.2) is 4.21 Å². The maximum atomic E-state index is 10.9. The van der Waals surface area contributed by atoms with Crippen LogP contribution in [0.25, 0.3) is 0 Å². The van der Waals surface area contributed by atoms with Gasteiger partial charge in [-0.2, -0.15) is 0 Å². The van der Waals surface area contributed by atoms with E-state index in [0.29, 0.717) is 6.61 Å². The third kappa shape index (κ3) is 10.5. The van der Waals surface area contributed by atoms with Crippen LogP contribution in [0.2, 0.25) is 0 Å². The molecule has 0 spiro atoms. The first-order chi connectivity index (χ1) is 9.22. The van der Waals surface area contributed by atoms with Crippen molar-refractivity contribution in [1.29, 1.82) is 0 Å². The zero-order chi connectivity index (χ0) is 15.7. The maximum absolute atomic E-state index is 10.9. The molecule has 4 nitrogen and oxygen atoms in total. The van der Waals surface area contributed by atoms with E-state index in [4.69, 9.17) is 13.7 Å². The van der Waals surface area contributed by atoms with Gasteiger partial charge in [0, 0.05) is 12.7 Å². The van der Waals surface area contributed by atoms with Crippen molar-refractivity contribution in [3.05, 3.63) is 11.6 Å². The SMILES string of the molecule is C/C(=C/COS(C)=O)[C@H](C[C@H](C)OC(C)C)OC(C)C. The third-order valence-electron chi connectivity index (χ3n) is 2.63. The Morgan fingerprint density at radius 1 is 1.10 bits per heavy atom. The molecule has 0 aromatic rings. The summed E-state index contributed by atoms with van der Waals surface area (Å²) in [5.41, 5.74) is 1.09. The lowest BCUT2D eigenvalue weighted by molar-refractivity contribution is -0.0367. The molecule has 0 radical (unpaired) electrons. The second kappa shape index (κ2) is 10.5. The quantitative estimate of drug-likeness (QED) is 0.581. The molecule has 20 heavy (non-hydrogen) atoms. The van der Waals surface area contributed by atoms with Crippen LogP contribution in [0.4, 0.5) is 0 Å². The van der Waals surface area contributed by atoms with Crippen LogP contribution in [0.3, 0.4) is 0 Å². The van der Waals surface area contributed by atoms with Crippen LogP contribution in [-0.4, -0.2) is 41.5 Å². The Morgan fingerprint density at radius 2 is 1.65 bits per heavy atom. The molecule has 0 aliphatic carbocycles. The molecule has 3 atom stereocenters. The number of rotatable bonds is 10. The molecular weight excluding hydrogens is 276 g/mol. The smallest absolute Gasteiger partial charge is 0.152 e. The lowest BCUT2D eigenvalue weighted by Crippen LogP contribution is -2.26. The first kappa shape index (κ1) is 19.8. The fourth-order valence-electron chi connectivity index (χ4n) is 1.89. The molecule has 0 N–H and O–H groups in total. The molecule has 5 heteroatoms. The molecular formula is C15H30O4S. The average Bonchev–Trinajstić information content (AvgIpc) is 2.25. The second-order valence-electron chi connectivity index (χ2n) is 5.54. The van der Waals surface area contributed by atoms with Gasteiger partial charge in [0.2, 0.25) is 0 Å². The van der Waals surface area contributed by atoms with E-state index in [-0.39, 0.29) is 24.4 Å².